The van der Waals surface area contributed by atoms with Crippen LogP contribution in [0.15, 0.2) is 18.2 Å². The van der Waals surface area contributed by atoms with Gasteiger partial charge in [-0.1, -0.05) is 6.07 Å². The summed E-state index contributed by atoms with van der Waals surface area (Å²) in [7, 11) is 0. The summed E-state index contributed by atoms with van der Waals surface area (Å²) in [6.07, 6.45) is -3.26. The van der Waals surface area contributed by atoms with Gasteiger partial charge in [-0.15, -0.1) is 12.4 Å². The number of rotatable bonds is 1. The van der Waals surface area contributed by atoms with Crippen molar-refractivity contribution in [1.82, 2.24) is 0 Å². The number of benzene rings is 1. The van der Waals surface area contributed by atoms with E-state index in [2.05, 4.69) is 0 Å². The molecule has 0 bridgehead atoms. The van der Waals surface area contributed by atoms with E-state index in [4.69, 9.17) is 5.73 Å². The molecule has 1 saturated carbocycles. The fraction of sp³-hybridized carbons (Fsp3) is 0.400. The maximum Gasteiger partial charge on any atom is 0.419 e. The van der Waals surface area contributed by atoms with Crippen molar-refractivity contribution in [3.63, 3.8) is 0 Å². The Morgan fingerprint density at radius 1 is 1.19 bits per heavy atom. The summed E-state index contributed by atoms with van der Waals surface area (Å²) in [5.74, 6) is -1.25. The molecule has 1 aliphatic carbocycles. The van der Waals surface area contributed by atoms with Crippen molar-refractivity contribution in [3.05, 3.63) is 35.1 Å². The van der Waals surface area contributed by atoms with E-state index >= 15 is 0 Å². The van der Waals surface area contributed by atoms with Gasteiger partial charge in [0.05, 0.1) is 5.56 Å². The van der Waals surface area contributed by atoms with E-state index < -0.39 is 23.1 Å². The average molecular weight is 256 g/mol. The van der Waals surface area contributed by atoms with Gasteiger partial charge >= 0.3 is 6.18 Å². The Labute approximate surface area is 96.0 Å². The fourth-order valence-electron chi connectivity index (χ4n) is 1.48. The zero-order valence-corrected chi connectivity index (χ0v) is 8.96. The van der Waals surface area contributed by atoms with E-state index in [-0.39, 0.29) is 12.4 Å². The Morgan fingerprint density at radius 2 is 1.75 bits per heavy atom. The summed E-state index contributed by atoms with van der Waals surface area (Å²) < 4.78 is 49.8. The van der Waals surface area contributed by atoms with E-state index in [0.717, 1.165) is 12.1 Å². The highest BCUT2D eigenvalue weighted by atomic mass is 35.5. The molecule has 16 heavy (non-hydrogen) atoms. The molecule has 0 aliphatic heterocycles. The predicted molar refractivity (Wildman–Crippen MR) is 53.7 cm³/mol. The van der Waals surface area contributed by atoms with Crippen LogP contribution in [-0.4, -0.2) is 0 Å². The third-order valence-electron chi connectivity index (χ3n) is 2.64. The Morgan fingerprint density at radius 3 is 2.12 bits per heavy atom. The van der Waals surface area contributed by atoms with Crippen LogP contribution in [0.5, 0.6) is 0 Å². The number of hydrogen-bond donors (Lipinski definition) is 1. The topological polar surface area (TPSA) is 26.0 Å². The number of nitrogens with two attached hydrogens (primary N) is 1. The van der Waals surface area contributed by atoms with Gasteiger partial charge in [0.2, 0.25) is 0 Å². The zero-order valence-electron chi connectivity index (χ0n) is 8.14. The zero-order chi connectivity index (χ0) is 11.3. The van der Waals surface area contributed by atoms with Crippen molar-refractivity contribution >= 4 is 12.4 Å². The lowest BCUT2D eigenvalue weighted by atomic mass is 10.0. The molecule has 0 spiro atoms. The molecule has 0 amide bonds. The second kappa shape index (κ2) is 3.89. The van der Waals surface area contributed by atoms with Gasteiger partial charge in [-0.25, -0.2) is 4.39 Å². The molecular formula is C10H10ClF4N. The molecule has 1 aromatic rings. The van der Waals surface area contributed by atoms with Gasteiger partial charge in [0, 0.05) is 5.54 Å². The third kappa shape index (κ3) is 2.30. The number of hydrogen-bond acceptors (Lipinski definition) is 1. The van der Waals surface area contributed by atoms with Crippen LogP contribution in [0.4, 0.5) is 17.6 Å². The largest absolute Gasteiger partial charge is 0.419 e. The summed E-state index contributed by atoms with van der Waals surface area (Å²) in [5, 5.41) is 0. The lowest BCUT2D eigenvalue weighted by Crippen LogP contribution is -2.19. The first-order chi connectivity index (χ1) is 6.83. The summed E-state index contributed by atoms with van der Waals surface area (Å²) in [5.41, 5.74) is 4.34. The lowest BCUT2D eigenvalue weighted by molar-refractivity contribution is -0.140. The Balaban J connectivity index is 0.00000128. The van der Waals surface area contributed by atoms with Gasteiger partial charge < -0.3 is 5.73 Å². The molecule has 1 aliphatic rings. The molecule has 0 aromatic heterocycles. The molecule has 0 saturated heterocycles. The van der Waals surface area contributed by atoms with Crippen molar-refractivity contribution in [3.8, 4) is 0 Å². The van der Waals surface area contributed by atoms with Crippen LogP contribution < -0.4 is 5.73 Å². The van der Waals surface area contributed by atoms with Crippen LogP contribution in [0.1, 0.15) is 24.0 Å². The fourth-order valence-corrected chi connectivity index (χ4v) is 1.48. The number of alkyl halides is 3. The van der Waals surface area contributed by atoms with E-state index in [9.17, 15) is 17.6 Å². The quantitative estimate of drug-likeness (QED) is 0.766. The van der Waals surface area contributed by atoms with Gasteiger partial charge in [0.15, 0.2) is 0 Å². The molecule has 0 radical (unpaired) electrons. The van der Waals surface area contributed by atoms with Gasteiger partial charge in [-0.2, -0.15) is 13.2 Å². The van der Waals surface area contributed by atoms with Crippen molar-refractivity contribution in [2.45, 2.75) is 24.6 Å². The highest BCUT2D eigenvalue weighted by Gasteiger charge is 2.41. The Kier molecular flexibility index (Phi) is 3.22. The second-order valence-corrected chi connectivity index (χ2v) is 3.85. The highest BCUT2D eigenvalue weighted by Crippen LogP contribution is 2.43. The molecular weight excluding hydrogens is 246 g/mol. The van der Waals surface area contributed by atoms with Crippen LogP contribution in [0.2, 0.25) is 0 Å². The van der Waals surface area contributed by atoms with Crippen LogP contribution in [0.25, 0.3) is 0 Å². The highest BCUT2D eigenvalue weighted by molar-refractivity contribution is 5.85. The minimum Gasteiger partial charge on any atom is -0.321 e. The van der Waals surface area contributed by atoms with Crippen LogP contribution in [0.3, 0.4) is 0 Å². The standard InChI is InChI=1S/C10H9F4N.ClH/c11-8-5-6(9(15)3-4-9)1-2-7(8)10(12,13)14;/h1-2,5H,3-4,15H2;1H. The summed E-state index contributed by atoms with van der Waals surface area (Å²) in [6.45, 7) is 0. The average Bonchev–Trinajstić information content (AvgIpc) is 2.82. The molecule has 0 unspecified atom stereocenters. The van der Waals surface area contributed by atoms with Crippen molar-refractivity contribution in [2.75, 3.05) is 0 Å². The third-order valence-corrected chi connectivity index (χ3v) is 2.64. The van der Waals surface area contributed by atoms with Crippen LogP contribution in [0, 0.1) is 5.82 Å². The molecule has 1 aromatic carbocycles. The summed E-state index contributed by atoms with van der Waals surface area (Å²) in [4.78, 5) is 0. The van der Waals surface area contributed by atoms with E-state index in [1.807, 2.05) is 0 Å². The second-order valence-electron chi connectivity index (χ2n) is 3.85. The maximum absolute atomic E-state index is 13.1. The van der Waals surface area contributed by atoms with Gasteiger partial charge in [-0.05, 0) is 30.5 Å². The normalized spacial score (nSPS) is 17.8. The van der Waals surface area contributed by atoms with Crippen LogP contribution in [-0.2, 0) is 11.7 Å². The first-order valence-electron chi connectivity index (χ1n) is 4.49. The van der Waals surface area contributed by atoms with Gasteiger partial charge in [0.1, 0.15) is 5.82 Å². The summed E-state index contributed by atoms with van der Waals surface area (Å²) in [6, 6.07) is 2.88. The van der Waals surface area contributed by atoms with Crippen LogP contribution >= 0.6 is 12.4 Å². The van der Waals surface area contributed by atoms with E-state index in [1.54, 1.807) is 0 Å². The van der Waals surface area contributed by atoms with E-state index in [0.29, 0.717) is 18.4 Å². The lowest BCUT2D eigenvalue weighted by Gasteiger charge is -2.12. The SMILES string of the molecule is Cl.NC1(c2ccc(C(F)(F)F)c(F)c2)CC1. The predicted octanol–water partition coefficient (Wildman–Crippen LogP) is 3.21. The molecule has 0 atom stereocenters. The van der Waals surface area contributed by atoms with Crippen molar-refractivity contribution in [2.24, 2.45) is 5.73 Å². The first-order valence-corrected chi connectivity index (χ1v) is 4.49. The Hall–Kier alpha value is -0.810. The molecule has 1 fully saturated rings. The van der Waals surface area contributed by atoms with Gasteiger partial charge in [-0.3, -0.25) is 0 Å². The Bertz CT molecular complexity index is 398. The van der Waals surface area contributed by atoms with Crippen molar-refractivity contribution < 1.29 is 17.6 Å². The summed E-state index contributed by atoms with van der Waals surface area (Å²) >= 11 is 0. The monoisotopic (exact) mass is 255 g/mol. The molecule has 90 valence electrons. The first kappa shape index (κ1) is 13.3. The number of halogens is 5. The minimum atomic E-state index is -4.64. The smallest absolute Gasteiger partial charge is 0.321 e. The minimum absolute atomic E-state index is 0. The van der Waals surface area contributed by atoms with Gasteiger partial charge in [0.25, 0.3) is 0 Å². The molecule has 2 rings (SSSR count). The molecule has 1 nitrogen and oxygen atoms in total. The molecule has 6 heteroatoms. The van der Waals surface area contributed by atoms with E-state index in [1.165, 1.54) is 6.07 Å². The molecule has 2 N–H and O–H groups in total. The molecule has 0 heterocycles. The maximum atomic E-state index is 13.1. The van der Waals surface area contributed by atoms with Crippen molar-refractivity contribution in [1.29, 1.82) is 0 Å².